The number of allylic oxidation sites excluding steroid dienone is 7. The molecular formula is C37H60O. The molecule has 0 N–H and O–H groups in total. The van der Waals surface area contributed by atoms with E-state index in [1.807, 2.05) is 13.8 Å². The van der Waals surface area contributed by atoms with Crippen molar-refractivity contribution in [2.45, 2.75) is 131 Å². The maximum atomic E-state index is 12.7. The molecule has 3 aliphatic carbocycles. The maximum absolute atomic E-state index is 12.7. The zero-order valence-electron chi connectivity index (χ0n) is 25.9. The lowest BCUT2D eigenvalue weighted by atomic mass is 9.46. The van der Waals surface area contributed by atoms with Crippen LogP contribution in [0.4, 0.5) is 0 Å². The van der Waals surface area contributed by atoms with Crippen LogP contribution in [0.1, 0.15) is 131 Å². The standard InChI is InChI=1S/C37H60O/c1-8-15-28(5)17-12-13-18-29(35(38)11-4)19-14-20-31-22-24-33-32-23-21-30(16-9-2)36(6,26-10-3)34(32)25-27-37(31,33)7/h8-9,12-13,15,17,29-34H,2,10-11,14,16,18-27H2,1,3-7H3/b13-12+,15-8-,28-17-. The van der Waals surface area contributed by atoms with Crippen molar-refractivity contribution in [1.82, 2.24) is 0 Å². The molecular weight excluding hydrogens is 460 g/mol. The summed E-state index contributed by atoms with van der Waals surface area (Å²) < 4.78 is 0. The molecule has 0 aromatic rings. The van der Waals surface area contributed by atoms with Gasteiger partial charge >= 0.3 is 0 Å². The Labute approximate surface area is 236 Å². The minimum atomic E-state index is 0.197. The van der Waals surface area contributed by atoms with Gasteiger partial charge < -0.3 is 0 Å². The van der Waals surface area contributed by atoms with Gasteiger partial charge in [-0.2, -0.15) is 0 Å². The lowest BCUT2D eigenvalue weighted by Crippen LogP contribution is -2.51. The van der Waals surface area contributed by atoms with E-state index in [2.05, 4.69) is 70.7 Å². The normalized spacial score (nSPS) is 36.4. The van der Waals surface area contributed by atoms with Gasteiger partial charge in [-0.15, -0.1) is 6.58 Å². The Balaban J connectivity index is 1.61. The minimum absolute atomic E-state index is 0.197. The van der Waals surface area contributed by atoms with E-state index in [4.69, 9.17) is 0 Å². The molecule has 1 nitrogen and oxygen atoms in total. The van der Waals surface area contributed by atoms with E-state index in [-0.39, 0.29) is 5.92 Å². The van der Waals surface area contributed by atoms with E-state index in [1.54, 1.807) is 0 Å². The first kappa shape index (κ1) is 31.2. The van der Waals surface area contributed by atoms with Gasteiger partial charge in [0, 0.05) is 12.3 Å². The minimum Gasteiger partial charge on any atom is -0.299 e. The predicted molar refractivity (Wildman–Crippen MR) is 166 cm³/mol. The van der Waals surface area contributed by atoms with E-state index in [0.717, 1.165) is 42.4 Å². The maximum Gasteiger partial charge on any atom is 0.136 e. The Kier molecular flexibility index (Phi) is 11.7. The molecule has 3 fully saturated rings. The van der Waals surface area contributed by atoms with Gasteiger partial charge in [0.05, 0.1) is 0 Å². The lowest BCUT2D eigenvalue weighted by Gasteiger charge is -2.59. The van der Waals surface area contributed by atoms with Gasteiger partial charge in [-0.05, 0) is 125 Å². The van der Waals surface area contributed by atoms with E-state index >= 15 is 0 Å². The highest BCUT2D eigenvalue weighted by atomic mass is 16.1. The van der Waals surface area contributed by atoms with Crippen molar-refractivity contribution < 1.29 is 4.79 Å². The quantitative estimate of drug-likeness (QED) is 0.164. The molecule has 38 heavy (non-hydrogen) atoms. The molecule has 0 radical (unpaired) electrons. The first-order chi connectivity index (χ1) is 18.2. The molecule has 0 aromatic carbocycles. The van der Waals surface area contributed by atoms with Crippen LogP contribution in [0, 0.1) is 46.3 Å². The molecule has 3 rings (SSSR count). The number of fused-ring (bicyclic) bond motifs is 3. The molecule has 0 spiro atoms. The van der Waals surface area contributed by atoms with Crippen LogP contribution in [0.15, 0.2) is 48.6 Å². The Hall–Kier alpha value is -1.37. The molecule has 0 aromatic heterocycles. The Morgan fingerprint density at radius 1 is 1.05 bits per heavy atom. The molecule has 3 saturated carbocycles. The highest BCUT2D eigenvalue weighted by Crippen LogP contribution is 2.67. The first-order valence-electron chi connectivity index (χ1n) is 16.3. The average molecular weight is 521 g/mol. The van der Waals surface area contributed by atoms with Crippen LogP contribution in [0.25, 0.3) is 0 Å². The predicted octanol–water partition coefficient (Wildman–Crippen LogP) is 11.1. The largest absolute Gasteiger partial charge is 0.299 e. The fourth-order valence-corrected chi connectivity index (χ4v) is 9.73. The highest BCUT2D eigenvalue weighted by Gasteiger charge is 2.58. The number of hydrogen-bond acceptors (Lipinski definition) is 1. The SMILES string of the molecule is C=CCC1CCC2C(CCC3(C)C(CCCC(C/C=C/C=C(C)\C=C/C)C(=O)CC)CCC23)C1(C)CCC. The summed E-state index contributed by atoms with van der Waals surface area (Å²) >= 11 is 0. The smallest absolute Gasteiger partial charge is 0.136 e. The summed E-state index contributed by atoms with van der Waals surface area (Å²) in [7, 11) is 0. The molecule has 8 unspecified atom stereocenters. The van der Waals surface area contributed by atoms with Crippen molar-refractivity contribution in [2.24, 2.45) is 46.3 Å². The number of carbonyl (C=O) groups is 1. The van der Waals surface area contributed by atoms with E-state index < -0.39 is 0 Å². The Bertz CT molecular complexity index is 860. The van der Waals surface area contributed by atoms with Crippen molar-refractivity contribution in [3.05, 3.63) is 48.6 Å². The number of carbonyl (C=O) groups excluding carboxylic acids is 1. The average Bonchev–Trinajstić information content (AvgIpc) is 3.23. The van der Waals surface area contributed by atoms with Gasteiger partial charge in [0.1, 0.15) is 5.78 Å². The second kappa shape index (κ2) is 14.3. The molecule has 0 amide bonds. The third-order valence-corrected chi connectivity index (χ3v) is 11.8. The van der Waals surface area contributed by atoms with Crippen LogP contribution < -0.4 is 0 Å². The first-order valence-corrected chi connectivity index (χ1v) is 16.3. The van der Waals surface area contributed by atoms with Gasteiger partial charge in [0.25, 0.3) is 0 Å². The van der Waals surface area contributed by atoms with Crippen LogP contribution in [0.3, 0.4) is 0 Å². The van der Waals surface area contributed by atoms with Crippen molar-refractivity contribution in [1.29, 1.82) is 0 Å². The van der Waals surface area contributed by atoms with E-state index in [9.17, 15) is 4.79 Å². The molecule has 3 aliphatic rings. The molecule has 0 aliphatic heterocycles. The summed E-state index contributed by atoms with van der Waals surface area (Å²) in [6.45, 7) is 18.1. The zero-order chi connectivity index (χ0) is 27.8. The Morgan fingerprint density at radius 2 is 1.82 bits per heavy atom. The van der Waals surface area contributed by atoms with Gasteiger partial charge in [0.15, 0.2) is 0 Å². The molecule has 214 valence electrons. The second-order valence-corrected chi connectivity index (χ2v) is 13.8. The zero-order valence-corrected chi connectivity index (χ0v) is 25.9. The topological polar surface area (TPSA) is 17.1 Å². The van der Waals surface area contributed by atoms with Crippen molar-refractivity contribution in [3.63, 3.8) is 0 Å². The fourth-order valence-electron chi connectivity index (χ4n) is 9.73. The molecule has 0 bridgehead atoms. The monoisotopic (exact) mass is 520 g/mol. The summed E-state index contributed by atoms with van der Waals surface area (Å²) in [5.74, 6) is 5.13. The van der Waals surface area contributed by atoms with Gasteiger partial charge in [-0.1, -0.05) is 82.6 Å². The third-order valence-electron chi connectivity index (χ3n) is 11.8. The number of ketones is 1. The summed E-state index contributed by atoms with van der Waals surface area (Å²) in [5.41, 5.74) is 2.29. The van der Waals surface area contributed by atoms with Crippen molar-refractivity contribution in [3.8, 4) is 0 Å². The van der Waals surface area contributed by atoms with Gasteiger partial charge in [0.2, 0.25) is 0 Å². The summed E-state index contributed by atoms with van der Waals surface area (Å²) in [4.78, 5) is 12.7. The molecule has 8 atom stereocenters. The van der Waals surface area contributed by atoms with Crippen LogP contribution >= 0.6 is 0 Å². The van der Waals surface area contributed by atoms with Crippen molar-refractivity contribution in [2.75, 3.05) is 0 Å². The third kappa shape index (κ3) is 6.85. The number of hydrogen-bond donors (Lipinski definition) is 0. The summed E-state index contributed by atoms with van der Waals surface area (Å²) in [6.07, 6.45) is 30.6. The second-order valence-electron chi connectivity index (χ2n) is 13.8. The van der Waals surface area contributed by atoms with Crippen LogP contribution in [-0.4, -0.2) is 5.78 Å². The summed E-state index contributed by atoms with van der Waals surface area (Å²) in [6, 6.07) is 0. The number of rotatable bonds is 14. The van der Waals surface area contributed by atoms with E-state index in [1.165, 1.54) is 76.2 Å². The molecule has 1 heteroatoms. The van der Waals surface area contributed by atoms with Gasteiger partial charge in [-0.3, -0.25) is 4.79 Å². The molecule has 0 saturated heterocycles. The van der Waals surface area contributed by atoms with Crippen LogP contribution in [0.5, 0.6) is 0 Å². The molecule has 0 heterocycles. The number of Topliss-reactive ketones (excluding diaryl/α,β-unsaturated/α-hetero) is 1. The van der Waals surface area contributed by atoms with Crippen molar-refractivity contribution >= 4 is 5.78 Å². The van der Waals surface area contributed by atoms with Gasteiger partial charge in [-0.25, -0.2) is 0 Å². The summed E-state index contributed by atoms with van der Waals surface area (Å²) in [5, 5.41) is 0. The van der Waals surface area contributed by atoms with Crippen LogP contribution in [0.2, 0.25) is 0 Å². The van der Waals surface area contributed by atoms with E-state index in [0.29, 0.717) is 23.0 Å². The lowest BCUT2D eigenvalue weighted by molar-refractivity contribution is -0.122. The fraction of sp³-hybridized carbons (Fsp3) is 0.757. The Morgan fingerprint density at radius 3 is 2.50 bits per heavy atom. The highest BCUT2D eigenvalue weighted by molar-refractivity contribution is 5.80. The van der Waals surface area contributed by atoms with Crippen LogP contribution in [-0.2, 0) is 4.79 Å².